The molecule has 96 valence electrons. The van der Waals surface area contributed by atoms with Crippen molar-refractivity contribution >= 4 is 26.0 Å². The van der Waals surface area contributed by atoms with Crippen molar-refractivity contribution in [2.24, 2.45) is 0 Å². The summed E-state index contributed by atoms with van der Waals surface area (Å²) in [5, 5.41) is 0. The van der Waals surface area contributed by atoms with Crippen molar-refractivity contribution in [1.82, 2.24) is 9.71 Å². The topological polar surface area (TPSA) is 68.3 Å². The van der Waals surface area contributed by atoms with Gasteiger partial charge in [-0.15, -0.1) is 0 Å². The Bertz CT molecular complexity index is 476. The summed E-state index contributed by atoms with van der Waals surface area (Å²) in [6.07, 6.45) is 3.21. The fourth-order valence-electron chi connectivity index (χ4n) is 1.22. The number of nitrogens with one attached hydrogen (secondary N) is 1. The van der Waals surface area contributed by atoms with Gasteiger partial charge in [0.1, 0.15) is 4.90 Å². The molecule has 1 aromatic rings. The molecule has 0 unspecified atom stereocenters. The van der Waals surface area contributed by atoms with Crippen LogP contribution in [-0.2, 0) is 10.0 Å². The smallest absolute Gasteiger partial charge is 0.245 e. The Hall–Kier alpha value is -0.660. The average Bonchev–Trinajstić information content (AvgIpc) is 2.29. The maximum atomic E-state index is 12.0. The van der Waals surface area contributed by atoms with E-state index in [1.165, 1.54) is 19.4 Å². The number of ether oxygens (including phenoxy) is 1. The monoisotopic (exact) mass is 322 g/mol. The number of rotatable bonds is 6. The fourth-order valence-corrected chi connectivity index (χ4v) is 2.91. The van der Waals surface area contributed by atoms with Gasteiger partial charge in [0.05, 0.1) is 7.11 Å². The van der Waals surface area contributed by atoms with E-state index in [9.17, 15) is 8.42 Å². The normalized spacial score (nSPS) is 11.5. The third-order valence-corrected chi connectivity index (χ3v) is 3.98. The second kappa shape index (κ2) is 6.32. The molecule has 0 aliphatic heterocycles. The van der Waals surface area contributed by atoms with E-state index < -0.39 is 10.0 Å². The molecule has 1 heterocycles. The van der Waals surface area contributed by atoms with E-state index in [0.29, 0.717) is 11.0 Å². The molecule has 0 radical (unpaired) electrons. The Kier molecular flexibility index (Phi) is 5.35. The summed E-state index contributed by atoms with van der Waals surface area (Å²) in [6, 6.07) is 1.47. The van der Waals surface area contributed by atoms with Crippen LogP contribution in [-0.4, -0.2) is 27.1 Å². The molecule has 0 saturated carbocycles. The zero-order valence-electron chi connectivity index (χ0n) is 9.73. The molecule has 0 bridgehead atoms. The fraction of sp³-hybridized carbons (Fsp3) is 0.500. The van der Waals surface area contributed by atoms with Crippen molar-refractivity contribution in [2.45, 2.75) is 24.7 Å². The highest BCUT2D eigenvalue weighted by molar-refractivity contribution is 9.10. The van der Waals surface area contributed by atoms with E-state index in [1.54, 1.807) is 0 Å². The molecule has 0 amide bonds. The molecule has 1 N–H and O–H groups in total. The number of hydrogen-bond acceptors (Lipinski definition) is 4. The zero-order valence-corrected chi connectivity index (χ0v) is 12.1. The summed E-state index contributed by atoms with van der Waals surface area (Å²) >= 11 is 3.19. The Morgan fingerprint density at radius 1 is 1.53 bits per heavy atom. The number of nitrogens with zero attached hydrogens (tertiary/aromatic N) is 1. The van der Waals surface area contributed by atoms with Gasteiger partial charge in [0.25, 0.3) is 0 Å². The van der Waals surface area contributed by atoms with Crippen molar-refractivity contribution in [3.05, 3.63) is 16.7 Å². The summed E-state index contributed by atoms with van der Waals surface area (Å²) in [7, 11) is -2.18. The van der Waals surface area contributed by atoms with Crippen LogP contribution in [0.1, 0.15) is 19.8 Å². The van der Waals surface area contributed by atoms with Crippen molar-refractivity contribution in [1.29, 1.82) is 0 Å². The van der Waals surface area contributed by atoms with Crippen LogP contribution in [0.3, 0.4) is 0 Å². The highest BCUT2D eigenvalue weighted by Crippen LogP contribution is 2.24. The van der Waals surface area contributed by atoms with Gasteiger partial charge in [0.15, 0.2) is 0 Å². The van der Waals surface area contributed by atoms with Crippen molar-refractivity contribution < 1.29 is 13.2 Å². The van der Waals surface area contributed by atoms with E-state index in [0.717, 1.165) is 12.8 Å². The van der Waals surface area contributed by atoms with Gasteiger partial charge in [-0.2, -0.15) is 0 Å². The first-order chi connectivity index (χ1) is 8.01. The molecule has 0 saturated heterocycles. The lowest BCUT2D eigenvalue weighted by atomic mass is 10.3. The van der Waals surface area contributed by atoms with Crippen LogP contribution in [0.25, 0.3) is 0 Å². The summed E-state index contributed by atoms with van der Waals surface area (Å²) < 4.78 is 32.0. The van der Waals surface area contributed by atoms with Crippen LogP contribution in [0.2, 0.25) is 0 Å². The summed E-state index contributed by atoms with van der Waals surface area (Å²) in [5.41, 5.74) is 0. The molecule has 1 aromatic heterocycles. The SMILES string of the molecule is CCCCNS(=O)(=O)c1cc(Br)cnc1OC. The molecule has 17 heavy (non-hydrogen) atoms. The van der Waals surface area contributed by atoms with Gasteiger partial charge in [0.2, 0.25) is 15.9 Å². The van der Waals surface area contributed by atoms with Crippen LogP contribution < -0.4 is 9.46 Å². The average molecular weight is 323 g/mol. The molecule has 0 aliphatic rings. The maximum Gasteiger partial charge on any atom is 0.245 e. The van der Waals surface area contributed by atoms with Gasteiger partial charge in [0, 0.05) is 17.2 Å². The largest absolute Gasteiger partial charge is 0.480 e. The second-order valence-electron chi connectivity index (χ2n) is 3.41. The van der Waals surface area contributed by atoms with Crippen molar-refractivity contribution in [3.8, 4) is 5.88 Å². The molecular formula is C10H15BrN2O3S. The molecule has 0 aromatic carbocycles. The first kappa shape index (κ1) is 14.4. The predicted molar refractivity (Wildman–Crippen MR) is 68.6 cm³/mol. The van der Waals surface area contributed by atoms with E-state index >= 15 is 0 Å². The molecule has 0 spiro atoms. The molecular weight excluding hydrogens is 308 g/mol. The lowest BCUT2D eigenvalue weighted by molar-refractivity contribution is 0.384. The highest BCUT2D eigenvalue weighted by atomic mass is 79.9. The molecule has 0 atom stereocenters. The number of halogens is 1. The van der Waals surface area contributed by atoms with Crippen LogP contribution in [0.15, 0.2) is 21.6 Å². The van der Waals surface area contributed by atoms with Gasteiger partial charge < -0.3 is 4.74 Å². The Morgan fingerprint density at radius 3 is 2.82 bits per heavy atom. The summed E-state index contributed by atoms with van der Waals surface area (Å²) in [4.78, 5) is 3.95. The second-order valence-corrected chi connectivity index (χ2v) is 6.06. The minimum absolute atomic E-state index is 0.0467. The first-order valence-electron chi connectivity index (χ1n) is 5.20. The predicted octanol–water partition coefficient (Wildman–Crippen LogP) is 1.93. The van der Waals surface area contributed by atoms with E-state index in [4.69, 9.17) is 4.74 Å². The van der Waals surface area contributed by atoms with E-state index in [2.05, 4.69) is 25.6 Å². The molecule has 0 fully saturated rings. The number of hydrogen-bond donors (Lipinski definition) is 1. The van der Waals surface area contributed by atoms with Crippen LogP contribution in [0.4, 0.5) is 0 Å². The molecule has 5 nitrogen and oxygen atoms in total. The standard InChI is InChI=1S/C10H15BrN2O3S/c1-3-4-5-13-17(14,15)9-6-8(11)7-12-10(9)16-2/h6-7,13H,3-5H2,1-2H3. The minimum Gasteiger partial charge on any atom is -0.480 e. The first-order valence-corrected chi connectivity index (χ1v) is 7.48. The lowest BCUT2D eigenvalue weighted by Gasteiger charge is -2.09. The summed E-state index contributed by atoms with van der Waals surface area (Å²) in [6.45, 7) is 2.41. The summed E-state index contributed by atoms with van der Waals surface area (Å²) in [5.74, 6) is 0.0946. The number of methoxy groups -OCH3 is 1. The molecule has 0 aliphatic carbocycles. The highest BCUT2D eigenvalue weighted by Gasteiger charge is 2.20. The number of unbranched alkanes of at least 4 members (excludes halogenated alkanes) is 1. The Morgan fingerprint density at radius 2 is 2.24 bits per heavy atom. The van der Waals surface area contributed by atoms with Crippen LogP contribution in [0, 0.1) is 0 Å². The maximum absolute atomic E-state index is 12.0. The molecule has 1 rings (SSSR count). The van der Waals surface area contributed by atoms with Gasteiger partial charge in [-0.05, 0) is 28.4 Å². The number of sulfonamides is 1. The van der Waals surface area contributed by atoms with Gasteiger partial charge in [-0.25, -0.2) is 18.1 Å². The quantitative estimate of drug-likeness (QED) is 0.812. The van der Waals surface area contributed by atoms with E-state index in [1.807, 2.05) is 6.92 Å². The van der Waals surface area contributed by atoms with Gasteiger partial charge >= 0.3 is 0 Å². The van der Waals surface area contributed by atoms with Crippen LogP contribution in [0.5, 0.6) is 5.88 Å². The number of aromatic nitrogens is 1. The number of pyridine rings is 1. The third-order valence-electron chi connectivity index (χ3n) is 2.09. The Balaban J connectivity index is 3.00. The van der Waals surface area contributed by atoms with Gasteiger partial charge in [-0.1, -0.05) is 13.3 Å². The van der Waals surface area contributed by atoms with E-state index in [-0.39, 0.29) is 10.8 Å². The van der Waals surface area contributed by atoms with Crippen molar-refractivity contribution in [3.63, 3.8) is 0 Å². The minimum atomic E-state index is -3.57. The Labute approximate surface area is 110 Å². The third kappa shape index (κ3) is 3.93. The van der Waals surface area contributed by atoms with Crippen LogP contribution >= 0.6 is 15.9 Å². The van der Waals surface area contributed by atoms with Crippen molar-refractivity contribution in [2.75, 3.05) is 13.7 Å². The lowest BCUT2D eigenvalue weighted by Crippen LogP contribution is -2.25. The molecule has 7 heteroatoms. The zero-order chi connectivity index (χ0) is 12.9. The van der Waals surface area contributed by atoms with Gasteiger partial charge in [-0.3, -0.25) is 0 Å².